The van der Waals surface area contributed by atoms with E-state index in [-0.39, 0.29) is 13.2 Å². The molecular weight excluding hydrogens is 356 g/mol. The second-order valence-corrected chi connectivity index (χ2v) is 8.03. The Bertz CT molecular complexity index is 372. The van der Waals surface area contributed by atoms with Crippen LogP contribution in [0.1, 0.15) is 90.4 Å². The van der Waals surface area contributed by atoms with Gasteiger partial charge in [0, 0.05) is 6.61 Å². The van der Waals surface area contributed by atoms with Crippen LogP contribution in [-0.2, 0) is 9.47 Å². The maximum absolute atomic E-state index is 9.99. The Labute approximate surface area is 172 Å². The minimum absolute atomic E-state index is 0.0377. The Balaban J connectivity index is 1.91. The standard InChI is InChI=1S/C23H44O5/c1-2-3-4-5-6-7-8-9-10-11-12-13-14-15-16-17-27-23-21(18-24)28-19-20(25)22(23)26/h12-13,20-26H,2-11,14-19H2,1H3/b13-12+/t20-,21+,22+,23+/m0/s1. The topological polar surface area (TPSA) is 79.2 Å². The van der Waals surface area contributed by atoms with Crippen LogP contribution in [0.4, 0.5) is 0 Å². The molecule has 0 radical (unpaired) electrons. The van der Waals surface area contributed by atoms with Crippen LogP contribution >= 0.6 is 0 Å². The van der Waals surface area contributed by atoms with Crippen LogP contribution in [0.25, 0.3) is 0 Å². The maximum Gasteiger partial charge on any atom is 0.114 e. The number of hydrogen-bond donors (Lipinski definition) is 3. The van der Waals surface area contributed by atoms with E-state index in [0.717, 1.165) is 19.3 Å². The monoisotopic (exact) mass is 400 g/mol. The molecule has 5 nitrogen and oxygen atoms in total. The van der Waals surface area contributed by atoms with E-state index in [1.54, 1.807) is 0 Å². The first-order valence-electron chi connectivity index (χ1n) is 11.6. The maximum atomic E-state index is 9.99. The highest BCUT2D eigenvalue weighted by Gasteiger charge is 2.39. The molecule has 0 bridgehead atoms. The van der Waals surface area contributed by atoms with Crippen molar-refractivity contribution in [1.29, 1.82) is 0 Å². The fourth-order valence-electron chi connectivity index (χ4n) is 3.61. The average Bonchev–Trinajstić information content (AvgIpc) is 2.70. The Morgan fingerprint density at radius 3 is 2.04 bits per heavy atom. The molecular formula is C23H44O5. The SMILES string of the molecule is CCCCCCCCCCC/C=C/CCCCO[C@H]1[C@H](O)[C@@H](O)CO[C@@H]1CO. The van der Waals surface area contributed by atoms with Gasteiger partial charge in [0.1, 0.15) is 24.4 Å². The van der Waals surface area contributed by atoms with Gasteiger partial charge in [-0.2, -0.15) is 0 Å². The molecule has 0 aromatic rings. The van der Waals surface area contributed by atoms with Crippen molar-refractivity contribution < 1.29 is 24.8 Å². The van der Waals surface area contributed by atoms with E-state index in [4.69, 9.17) is 9.47 Å². The van der Waals surface area contributed by atoms with Gasteiger partial charge in [0.05, 0.1) is 13.2 Å². The lowest BCUT2D eigenvalue weighted by atomic mass is 10.0. The molecule has 1 saturated heterocycles. The molecule has 4 atom stereocenters. The zero-order valence-corrected chi connectivity index (χ0v) is 17.9. The predicted molar refractivity (Wildman–Crippen MR) is 113 cm³/mol. The molecule has 1 heterocycles. The van der Waals surface area contributed by atoms with Crippen molar-refractivity contribution >= 4 is 0 Å². The predicted octanol–water partition coefficient (Wildman–Crippen LogP) is 4.13. The number of rotatable bonds is 17. The van der Waals surface area contributed by atoms with Gasteiger partial charge in [0.15, 0.2) is 0 Å². The average molecular weight is 401 g/mol. The normalized spacial score (nSPS) is 25.6. The lowest BCUT2D eigenvalue weighted by Gasteiger charge is -2.37. The third-order valence-corrected chi connectivity index (χ3v) is 5.47. The molecule has 28 heavy (non-hydrogen) atoms. The van der Waals surface area contributed by atoms with Crippen molar-refractivity contribution in [2.24, 2.45) is 0 Å². The van der Waals surface area contributed by atoms with Crippen LogP contribution in [0.5, 0.6) is 0 Å². The summed E-state index contributed by atoms with van der Waals surface area (Å²) in [5.41, 5.74) is 0. The number of ether oxygens (including phenoxy) is 2. The van der Waals surface area contributed by atoms with Gasteiger partial charge < -0.3 is 24.8 Å². The third kappa shape index (κ3) is 11.5. The van der Waals surface area contributed by atoms with Crippen LogP contribution in [0.3, 0.4) is 0 Å². The minimum atomic E-state index is -0.998. The van der Waals surface area contributed by atoms with Gasteiger partial charge in [-0.3, -0.25) is 0 Å². The summed E-state index contributed by atoms with van der Waals surface area (Å²) >= 11 is 0. The first-order valence-corrected chi connectivity index (χ1v) is 11.6. The molecule has 5 heteroatoms. The van der Waals surface area contributed by atoms with Crippen molar-refractivity contribution in [3.05, 3.63) is 12.2 Å². The van der Waals surface area contributed by atoms with Gasteiger partial charge in [0.2, 0.25) is 0 Å². The molecule has 166 valence electrons. The van der Waals surface area contributed by atoms with Crippen LogP contribution in [0, 0.1) is 0 Å². The summed E-state index contributed by atoms with van der Waals surface area (Å²) in [5, 5.41) is 28.9. The van der Waals surface area contributed by atoms with Crippen LogP contribution in [0.2, 0.25) is 0 Å². The zero-order valence-electron chi connectivity index (χ0n) is 17.9. The first-order chi connectivity index (χ1) is 13.7. The van der Waals surface area contributed by atoms with Gasteiger partial charge >= 0.3 is 0 Å². The molecule has 1 rings (SSSR count). The summed E-state index contributed by atoms with van der Waals surface area (Å²) in [6, 6.07) is 0. The summed E-state index contributed by atoms with van der Waals surface area (Å²) in [7, 11) is 0. The van der Waals surface area contributed by atoms with Gasteiger partial charge in [-0.25, -0.2) is 0 Å². The van der Waals surface area contributed by atoms with Crippen molar-refractivity contribution in [1.82, 2.24) is 0 Å². The van der Waals surface area contributed by atoms with Gasteiger partial charge in [-0.05, 0) is 32.1 Å². The largest absolute Gasteiger partial charge is 0.394 e. The van der Waals surface area contributed by atoms with E-state index < -0.39 is 24.4 Å². The van der Waals surface area contributed by atoms with E-state index in [0.29, 0.717) is 6.61 Å². The first kappa shape index (κ1) is 25.6. The molecule has 0 aromatic carbocycles. The molecule has 0 unspecified atom stereocenters. The molecule has 0 saturated carbocycles. The van der Waals surface area contributed by atoms with Gasteiger partial charge in [0.25, 0.3) is 0 Å². The molecule has 1 fully saturated rings. The van der Waals surface area contributed by atoms with Crippen molar-refractivity contribution in [3.8, 4) is 0 Å². The number of aliphatic hydroxyl groups is 3. The summed E-state index contributed by atoms with van der Waals surface area (Å²) in [5.74, 6) is 0. The summed E-state index contributed by atoms with van der Waals surface area (Å²) in [4.78, 5) is 0. The number of hydrogen-bond acceptors (Lipinski definition) is 5. The van der Waals surface area contributed by atoms with Crippen LogP contribution < -0.4 is 0 Å². The van der Waals surface area contributed by atoms with Crippen molar-refractivity contribution in [2.45, 2.75) is 115 Å². The van der Waals surface area contributed by atoms with E-state index in [1.165, 1.54) is 64.2 Å². The molecule has 0 aliphatic carbocycles. The Morgan fingerprint density at radius 2 is 1.43 bits per heavy atom. The highest BCUT2D eigenvalue weighted by molar-refractivity contribution is 4.87. The quantitative estimate of drug-likeness (QED) is 0.253. The number of unbranched alkanes of at least 4 members (excludes halogenated alkanes) is 11. The Kier molecular flexibility index (Phi) is 15.9. The third-order valence-electron chi connectivity index (χ3n) is 5.47. The van der Waals surface area contributed by atoms with Crippen molar-refractivity contribution in [3.63, 3.8) is 0 Å². The van der Waals surface area contributed by atoms with Crippen LogP contribution in [0.15, 0.2) is 12.2 Å². The molecule has 3 N–H and O–H groups in total. The lowest BCUT2D eigenvalue weighted by Crippen LogP contribution is -2.55. The number of allylic oxidation sites excluding steroid dienone is 2. The lowest BCUT2D eigenvalue weighted by molar-refractivity contribution is -0.211. The fraction of sp³-hybridized carbons (Fsp3) is 0.913. The molecule has 0 spiro atoms. The second-order valence-electron chi connectivity index (χ2n) is 8.03. The summed E-state index contributed by atoms with van der Waals surface area (Å²) in [6.07, 6.45) is 17.8. The summed E-state index contributed by atoms with van der Waals surface area (Å²) < 4.78 is 11.0. The zero-order chi connectivity index (χ0) is 20.5. The Hall–Kier alpha value is -0.460. The van der Waals surface area contributed by atoms with E-state index in [2.05, 4.69) is 19.1 Å². The minimum Gasteiger partial charge on any atom is -0.394 e. The highest BCUT2D eigenvalue weighted by atomic mass is 16.6. The molecule has 0 aromatic heterocycles. The molecule has 1 aliphatic heterocycles. The van der Waals surface area contributed by atoms with Crippen LogP contribution in [-0.4, -0.2) is 59.6 Å². The smallest absolute Gasteiger partial charge is 0.114 e. The van der Waals surface area contributed by atoms with E-state index in [9.17, 15) is 15.3 Å². The molecule has 0 amide bonds. The highest BCUT2D eigenvalue weighted by Crippen LogP contribution is 2.19. The molecule has 1 aliphatic rings. The van der Waals surface area contributed by atoms with Gasteiger partial charge in [-0.15, -0.1) is 0 Å². The summed E-state index contributed by atoms with van der Waals surface area (Å²) in [6.45, 7) is 2.59. The Morgan fingerprint density at radius 1 is 0.857 bits per heavy atom. The van der Waals surface area contributed by atoms with E-state index in [1.807, 2.05) is 0 Å². The van der Waals surface area contributed by atoms with Crippen molar-refractivity contribution in [2.75, 3.05) is 19.8 Å². The second kappa shape index (κ2) is 17.4. The number of aliphatic hydroxyl groups excluding tert-OH is 3. The van der Waals surface area contributed by atoms with E-state index >= 15 is 0 Å². The van der Waals surface area contributed by atoms with Gasteiger partial charge in [-0.1, -0.05) is 70.4 Å². The fourth-order valence-corrected chi connectivity index (χ4v) is 3.61.